The molecule has 5 heteroatoms. The van der Waals surface area contributed by atoms with Crippen LogP contribution in [0, 0.1) is 0 Å². The molecule has 1 heterocycles. The van der Waals surface area contributed by atoms with Crippen molar-refractivity contribution < 1.29 is 9.59 Å². The minimum atomic E-state index is -0.169. The zero-order valence-corrected chi connectivity index (χ0v) is 9.38. The fraction of sp³-hybridized carbons (Fsp3) is 0.800. The molecule has 2 amide bonds. The van der Waals surface area contributed by atoms with Crippen LogP contribution in [-0.4, -0.2) is 48.9 Å². The van der Waals surface area contributed by atoms with Crippen molar-refractivity contribution in [2.45, 2.75) is 26.3 Å². The summed E-state index contributed by atoms with van der Waals surface area (Å²) in [6, 6.07) is -0.169. The Hall–Kier alpha value is -1.10. The van der Waals surface area contributed by atoms with Crippen LogP contribution in [-0.2, 0) is 9.59 Å². The van der Waals surface area contributed by atoms with Gasteiger partial charge in [-0.25, -0.2) is 0 Å². The molecule has 1 saturated heterocycles. The summed E-state index contributed by atoms with van der Waals surface area (Å²) in [6.45, 7) is 6.05. The Kier molecular flexibility index (Phi) is 4.55. The Morgan fingerprint density at radius 1 is 1.67 bits per heavy atom. The van der Waals surface area contributed by atoms with Crippen LogP contribution >= 0.6 is 0 Å². The highest BCUT2D eigenvalue weighted by Crippen LogP contribution is 1.99. The summed E-state index contributed by atoms with van der Waals surface area (Å²) >= 11 is 0. The lowest BCUT2D eigenvalue weighted by Crippen LogP contribution is -2.55. The molecule has 0 saturated carbocycles. The van der Waals surface area contributed by atoms with E-state index in [-0.39, 0.29) is 24.4 Å². The highest BCUT2D eigenvalue weighted by atomic mass is 16.2. The second-order valence-corrected chi connectivity index (χ2v) is 3.79. The van der Waals surface area contributed by atoms with Gasteiger partial charge in [-0.3, -0.25) is 9.59 Å². The van der Waals surface area contributed by atoms with Gasteiger partial charge in [0.05, 0.1) is 12.6 Å². The SMILES string of the molecule is CCCNC(=O)CN1CCNC(C)C1=O. The highest BCUT2D eigenvalue weighted by molar-refractivity contribution is 5.87. The van der Waals surface area contributed by atoms with Crippen molar-refractivity contribution in [3.8, 4) is 0 Å². The Morgan fingerprint density at radius 2 is 2.40 bits per heavy atom. The van der Waals surface area contributed by atoms with Gasteiger partial charge in [-0.1, -0.05) is 6.92 Å². The highest BCUT2D eigenvalue weighted by Gasteiger charge is 2.25. The smallest absolute Gasteiger partial charge is 0.239 e. The molecule has 1 fully saturated rings. The van der Waals surface area contributed by atoms with Gasteiger partial charge in [-0.2, -0.15) is 0 Å². The van der Waals surface area contributed by atoms with Gasteiger partial charge in [-0.05, 0) is 13.3 Å². The first-order chi connectivity index (χ1) is 7.15. The molecule has 1 atom stereocenters. The molecule has 0 aromatic carbocycles. The fourth-order valence-corrected chi connectivity index (χ4v) is 1.54. The molecule has 2 N–H and O–H groups in total. The first-order valence-electron chi connectivity index (χ1n) is 5.44. The van der Waals surface area contributed by atoms with Gasteiger partial charge in [0, 0.05) is 19.6 Å². The van der Waals surface area contributed by atoms with Crippen molar-refractivity contribution >= 4 is 11.8 Å². The number of amides is 2. The normalized spacial score (nSPS) is 21.6. The first kappa shape index (κ1) is 12.0. The number of carbonyl (C=O) groups is 2. The summed E-state index contributed by atoms with van der Waals surface area (Å²) in [7, 11) is 0. The molecule has 0 aromatic heterocycles. The zero-order chi connectivity index (χ0) is 11.3. The molecule has 0 radical (unpaired) electrons. The Balaban J connectivity index is 2.36. The first-order valence-corrected chi connectivity index (χ1v) is 5.44. The van der Waals surface area contributed by atoms with Crippen molar-refractivity contribution in [2.75, 3.05) is 26.2 Å². The van der Waals surface area contributed by atoms with Crippen molar-refractivity contribution in [1.82, 2.24) is 15.5 Å². The average Bonchev–Trinajstić information content (AvgIpc) is 2.22. The van der Waals surface area contributed by atoms with Gasteiger partial charge in [-0.15, -0.1) is 0 Å². The Bertz CT molecular complexity index is 243. The van der Waals surface area contributed by atoms with E-state index in [1.54, 1.807) is 4.90 Å². The lowest BCUT2D eigenvalue weighted by atomic mass is 10.2. The van der Waals surface area contributed by atoms with Crippen LogP contribution in [0.4, 0.5) is 0 Å². The van der Waals surface area contributed by atoms with Crippen molar-refractivity contribution in [3.05, 3.63) is 0 Å². The lowest BCUT2D eigenvalue weighted by Gasteiger charge is -2.30. The molecule has 0 aromatic rings. The molecule has 1 unspecified atom stereocenters. The average molecular weight is 213 g/mol. The van der Waals surface area contributed by atoms with E-state index in [0.717, 1.165) is 13.0 Å². The molecule has 0 bridgehead atoms. The van der Waals surface area contributed by atoms with Crippen molar-refractivity contribution in [3.63, 3.8) is 0 Å². The summed E-state index contributed by atoms with van der Waals surface area (Å²) < 4.78 is 0. The van der Waals surface area contributed by atoms with Crippen LogP contribution in [0.3, 0.4) is 0 Å². The van der Waals surface area contributed by atoms with E-state index < -0.39 is 0 Å². The van der Waals surface area contributed by atoms with E-state index in [2.05, 4.69) is 10.6 Å². The molecule has 86 valence electrons. The van der Waals surface area contributed by atoms with E-state index in [1.807, 2.05) is 13.8 Å². The van der Waals surface area contributed by atoms with Gasteiger partial charge in [0.25, 0.3) is 0 Å². The van der Waals surface area contributed by atoms with E-state index in [9.17, 15) is 9.59 Å². The third kappa shape index (κ3) is 3.51. The summed E-state index contributed by atoms with van der Waals surface area (Å²) in [5, 5.41) is 5.82. The summed E-state index contributed by atoms with van der Waals surface area (Å²) in [5.74, 6) is -0.0628. The molecule has 1 aliphatic heterocycles. The molecule has 0 aliphatic carbocycles. The second kappa shape index (κ2) is 5.70. The van der Waals surface area contributed by atoms with Crippen LogP contribution in [0.25, 0.3) is 0 Å². The molecular formula is C10H19N3O2. The lowest BCUT2D eigenvalue weighted by molar-refractivity contribution is -0.139. The summed E-state index contributed by atoms with van der Waals surface area (Å²) in [5.41, 5.74) is 0. The van der Waals surface area contributed by atoms with Crippen molar-refractivity contribution in [1.29, 1.82) is 0 Å². The maximum atomic E-state index is 11.6. The van der Waals surface area contributed by atoms with Crippen LogP contribution in [0.5, 0.6) is 0 Å². The van der Waals surface area contributed by atoms with E-state index >= 15 is 0 Å². The Labute approximate surface area is 90.2 Å². The molecular weight excluding hydrogens is 194 g/mol. The quantitative estimate of drug-likeness (QED) is 0.651. The third-order valence-corrected chi connectivity index (χ3v) is 2.42. The number of piperazine rings is 1. The molecule has 15 heavy (non-hydrogen) atoms. The van der Waals surface area contributed by atoms with Gasteiger partial charge >= 0.3 is 0 Å². The predicted molar refractivity (Wildman–Crippen MR) is 57.3 cm³/mol. The second-order valence-electron chi connectivity index (χ2n) is 3.79. The maximum Gasteiger partial charge on any atom is 0.239 e. The number of hydrogen-bond acceptors (Lipinski definition) is 3. The van der Waals surface area contributed by atoms with Crippen LogP contribution in [0.2, 0.25) is 0 Å². The van der Waals surface area contributed by atoms with Crippen LogP contribution in [0.15, 0.2) is 0 Å². The molecule has 5 nitrogen and oxygen atoms in total. The number of rotatable bonds is 4. The number of carbonyl (C=O) groups excluding carboxylic acids is 2. The summed E-state index contributed by atoms with van der Waals surface area (Å²) in [4.78, 5) is 24.6. The fourth-order valence-electron chi connectivity index (χ4n) is 1.54. The summed E-state index contributed by atoms with van der Waals surface area (Å²) in [6.07, 6.45) is 0.914. The zero-order valence-electron chi connectivity index (χ0n) is 9.38. The van der Waals surface area contributed by atoms with Crippen molar-refractivity contribution in [2.24, 2.45) is 0 Å². The molecule has 1 aliphatic rings. The predicted octanol–water partition coefficient (Wildman–Crippen LogP) is -0.667. The van der Waals surface area contributed by atoms with Crippen LogP contribution < -0.4 is 10.6 Å². The van der Waals surface area contributed by atoms with E-state index in [1.165, 1.54) is 0 Å². The molecule has 0 spiro atoms. The topological polar surface area (TPSA) is 61.4 Å². The monoisotopic (exact) mass is 213 g/mol. The van der Waals surface area contributed by atoms with Gasteiger partial charge < -0.3 is 15.5 Å². The van der Waals surface area contributed by atoms with Gasteiger partial charge in [0.15, 0.2) is 0 Å². The number of nitrogens with zero attached hydrogens (tertiary/aromatic N) is 1. The number of hydrogen-bond donors (Lipinski definition) is 2. The van der Waals surface area contributed by atoms with Gasteiger partial charge in [0.1, 0.15) is 0 Å². The van der Waals surface area contributed by atoms with Gasteiger partial charge in [0.2, 0.25) is 11.8 Å². The van der Waals surface area contributed by atoms with E-state index in [0.29, 0.717) is 13.1 Å². The minimum absolute atomic E-state index is 0.00731. The molecule has 1 rings (SSSR count). The van der Waals surface area contributed by atoms with E-state index in [4.69, 9.17) is 0 Å². The number of nitrogens with one attached hydrogen (secondary N) is 2. The maximum absolute atomic E-state index is 11.6. The largest absolute Gasteiger partial charge is 0.355 e. The van der Waals surface area contributed by atoms with Crippen LogP contribution in [0.1, 0.15) is 20.3 Å². The Morgan fingerprint density at radius 3 is 3.07 bits per heavy atom. The minimum Gasteiger partial charge on any atom is -0.355 e. The third-order valence-electron chi connectivity index (χ3n) is 2.42. The standard InChI is InChI=1S/C10H19N3O2/c1-3-4-12-9(14)7-13-6-5-11-8(2)10(13)15/h8,11H,3-7H2,1-2H3,(H,12,14).